The molecule has 0 aliphatic heterocycles. The van der Waals surface area contributed by atoms with E-state index in [1.54, 1.807) is 0 Å². The number of carbonyl (C=O) groups is 1. The molecule has 3 aliphatic rings. The smallest absolute Gasteiger partial charge is 0.406 e. The van der Waals surface area contributed by atoms with E-state index in [1.807, 2.05) is 86.6 Å². The molecule has 0 aromatic heterocycles. The molecule has 1 saturated carbocycles. The zero-order valence-corrected chi connectivity index (χ0v) is 32.2. The lowest BCUT2D eigenvalue weighted by atomic mass is 9.64. The van der Waals surface area contributed by atoms with Crippen LogP contribution in [0.1, 0.15) is 90.9 Å². The van der Waals surface area contributed by atoms with E-state index in [0.29, 0.717) is 55.2 Å². The summed E-state index contributed by atoms with van der Waals surface area (Å²) in [6.07, 6.45) is 1.06. The van der Waals surface area contributed by atoms with Crippen molar-refractivity contribution in [2.45, 2.75) is 89.3 Å². The normalized spacial score (nSPS) is 23.5. The predicted octanol–water partition coefficient (Wildman–Crippen LogP) is 8.98. The van der Waals surface area contributed by atoms with Crippen molar-refractivity contribution in [3.05, 3.63) is 137 Å². The second-order valence-corrected chi connectivity index (χ2v) is 17.4. The van der Waals surface area contributed by atoms with Crippen LogP contribution in [-0.2, 0) is 23.0 Å². The molecule has 0 radical (unpaired) electrons. The molecule has 3 aliphatic carbocycles. The molecule has 2 bridgehead atoms. The van der Waals surface area contributed by atoms with Gasteiger partial charge in [0.05, 0.1) is 18.0 Å². The van der Waals surface area contributed by atoms with Gasteiger partial charge in [0.15, 0.2) is 5.78 Å². The molecule has 4 atom stereocenters. The van der Waals surface area contributed by atoms with Crippen molar-refractivity contribution >= 4 is 15.8 Å². The minimum Gasteiger partial charge on any atom is -0.406 e. The molecule has 0 saturated heterocycles. The van der Waals surface area contributed by atoms with Crippen molar-refractivity contribution in [3.8, 4) is 16.9 Å². The summed E-state index contributed by atoms with van der Waals surface area (Å²) >= 11 is 0. The molecular weight excluding hydrogens is 728 g/mol. The zero-order valence-electron chi connectivity index (χ0n) is 31.4. The van der Waals surface area contributed by atoms with Crippen LogP contribution in [-0.4, -0.2) is 59.6 Å². The van der Waals surface area contributed by atoms with Crippen molar-refractivity contribution in [1.29, 1.82) is 0 Å². The Labute approximate surface area is 321 Å². The monoisotopic (exact) mass is 775 g/mol. The van der Waals surface area contributed by atoms with Crippen LogP contribution in [0, 0.1) is 5.41 Å². The summed E-state index contributed by atoms with van der Waals surface area (Å²) in [5.41, 5.74) is 3.34. The zero-order chi connectivity index (χ0) is 39.6. The number of benzene rings is 4. The number of ketones is 1. The lowest BCUT2D eigenvalue weighted by Gasteiger charge is -2.45. The quantitative estimate of drug-likeness (QED) is 0.130. The number of hydrogen-bond donors (Lipinski definition) is 2. The van der Waals surface area contributed by atoms with Crippen LogP contribution in [0.4, 0.5) is 13.2 Å². The van der Waals surface area contributed by atoms with Crippen molar-refractivity contribution in [1.82, 2.24) is 4.31 Å². The van der Waals surface area contributed by atoms with Crippen LogP contribution >= 0.6 is 0 Å². The van der Waals surface area contributed by atoms with Gasteiger partial charge in [-0.15, -0.1) is 13.2 Å². The fourth-order valence-electron chi connectivity index (χ4n) is 8.47. The van der Waals surface area contributed by atoms with Gasteiger partial charge in [0.2, 0.25) is 10.0 Å². The molecular formula is C44H48F3NO6S. The van der Waals surface area contributed by atoms with Gasteiger partial charge in [-0.1, -0.05) is 97.4 Å². The van der Waals surface area contributed by atoms with Crippen LogP contribution < -0.4 is 4.74 Å². The minimum atomic E-state index is -4.87. The molecule has 2 N–H and O–H groups in total. The van der Waals surface area contributed by atoms with Crippen molar-refractivity contribution in [3.63, 3.8) is 0 Å². The van der Waals surface area contributed by atoms with Gasteiger partial charge in [-0.2, -0.15) is 4.31 Å². The summed E-state index contributed by atoms with van der Waals surface area (Å²) in [6, 6.07) is 27.9. The number of halogens is 3. The maximum atomic E-state index is 14.9. The summed E-state index contributed by atoms with van der Waals surface area (Å²) in [4.78, 5) is 14.9. The molecule has 4 aromatic rings. The Balaban J connectivity index is 1.42. The third kappa shape index (κ3) is 9.23. The van der Waals surface area contributed by atoms with E-state index in [0.717, 1.165) is 46.2 Å². The number of ether oxygens (including phenoxy) is 1. The van der Waals surface area contributed by atoms with Crippen LogP contribution in [0.2, 0.25) is 0 Å². The van der Waals surface area contributed by atoms with Gasteiger partial charge >= 0.3 is 6.36 Å². The van der Waals surface area contributed by atoms with Crippen LogP contribution in [0.15, 0.2) is 109 Å². The van der Waals surface area contributed by atoms with E-state index in [4.69, 9.17) is 0 Å². The number of hydrogen-bond acceptors (Lipinski definition) is 6. The molecule has 55 heavy (non-hydrogen) atoms. The highest BCUT2D eigenvalue weighted by Crippen LogP contribution is 2.59. The lowest BCUT2D eigenvalue weighted by molar-refractivity contribution is -0.274. The molecule has 7 nitrogen and oxygen atoms in total. The van der Waals surface area contributed by atoms with Crippen LogP contribution in [0.3, 0.4) is 0 Å². The Hall–Kier alpha value is -4.29. The van der Waals surface area contributed by atoms with Crippen molar-refractivity contribution < 1.29 is 41.3 Å². The molecule has 7 rings (SSSR count). The van der Waals surface area contributed by atoms with Crippen LogP contribution in [0.5, 0.6) is 5.75 Å². The molecule has 11 heteroatoms. The second kappa shape index (κ2) is 16.1. The Bertz CT molecular complexity index is 2140. The molecule has 0 heterocycles. The number of aliphatic hydroxyl groups is 2. The lowest BCUT2D eigenvalue weighted by Crippen LogP contribution is -2.53. The number of allylic oxidation sites excluding steroid dienone is 2. The number of carbonyl (C=O) groups excluding carboxylic acids is 1. The second-order valence-electron chi connectivity index (χ2n) is 15.4. The maximum Gasteiger partial charge on any atom is 0.573 e. The fraction of sp³-hybridized carbons (Fsp3) is 0.386. The number of aliphatic hydroxyl groups excluding tert-OH is 1. The SMILES string of the molecule is CC1=CCCC2(C)C(CCC2(O)CN(Cc2ccc(OC(F)(F)F)cc2)S(C)(=O)=O)c2ccc(cc2C(=O)c2ccccc2-c2ccccc2)CC(O)CC1. The highest BCUT2D eigenvalue weighted by atomic mass is 32.2. The number of nitrogens with zero attached hydrogens (tertiary/aromatic N) is 1. The van der Waals surface area contributed by atoms with E-state index >= 15 is 0 Å². The highest BCUT2D eigenvalue weighted by molar-refractivity contribution is 7.88. The largest absolute Gasteiger partial charge is 0.573 e. The highest BCUT2D eigenvalue weighted by Gasteiger charge is 2.58. The predicted molar refractivity (Wildman–Crippen MR) is 207 cm³/mol. The number of fused-ring (bicyclic) bond motifs is 8. The summed E-state index contributed by atoms with van der Waals surface area (Å²) < 4.78 is 70.2. The van der Waals surface area contributed by atoms with Gasteiger partial charge < -0.3 is 14.9 Å². The van der Waals surface area contributed by atoms with E-state index < -0.39 is 39.3 Å². The first-order valence-electron chi connectivity index (χ1n) is 18.6. The molecule has 4 aromatic carbocycles. The minimum absolute atomic E-state index is 0.176. The number of sulfonamides is 1. The van der Waals surface area contributed by atoms with Crippen molar-refractivity contribution in [2.24, 2.45) is 5.41 Å². The first kappa shape index (κ1) is 40.4. The number of rotatable bonds is 9. The third-order valence-corrected chi connectivity index (χ3v) is 12.8. The summed E-state index contributed by atoms with van der Waals surface area (Å²) in [6.45, 7) is 3.56. The topological polar surface area (TPSA) is 104 Å². The van der Waals surface area contributed by atoms with E-state index in [-0.39, 0.29) is 31.2 Å². The fourth-order valence-corrected chi connectivity index (χ4v) is 9.31. The third-order valence-electron chi connectivity index (χ3n) is 11.6. The first-order valence-corrected chi connectivity index (χ1v) is 20.5. The summed E-state index contributed by atoms with van der Waals surface area (Å²) in [5.74, 6) is -0.953. The number of alkyl halides is 3. The van der Waals surface area contributed by atoms with Crippen molar-refractivity contribution in [2.75, 3.05) is 12.8 Å². The first-order chi connectivity index (χ1) is 26.0. The average molecular weight is 776 g/mol. The molecule has 0 amide bonds. The van der Waals surface area contributed by atoms with Gasteiger partial charge in [0, 0.05) is 29.6 Å². The van der Waals surface area contributed by atoms with E-state index in [9.17, 15) is 36.6 Å². The summed E-state index contributed by atoms with van der Waals surface area (Å²) in [5, 5.41) is 23.9. The van der Waals surface area contributed by atoms with Gasteiger partial charge in [-0.25, -0.2) is 8.42 Å². The molecule has 292 valence electrons. The Morgan fingerprint density at radius 2 is 1.62 bits per heavy atom. The van der Waals surface area contributed by atoms with Gasteiger partial charge in [-0.05, 0) is 104 Å². The molecule has 1 fully saturated rings. The van der Waals surface area contributed by atoms with E-state index in [1.165, 1.54) is 16.4 Å². The Morgan fingerprint density at radius 1 is 0.927 bits per heavy atom. The van der Waals surface area contributed by atoms with Gasteiger partial charge in [0.25, 0.3) is 0 Å². The van der Waals surface area contributed by atoms with Gasteiger partial charge in [-0.3, -0.25) is 4.79 Å². The van der Waals surface area contributed by atoms with E-state index in [2.05, 4.69) is 10.8 Å². The average Bonchev–Trinajstić information content (AvgIpc) is 3.39. The van der Waals surface area contributed by atoms with Crippen LogP contribution in [0.25, 0.3) is 11.1 Å². The Kier molecular flexibility index (Phi) is 11.8. The standard InChI is InChI=1S/C44H48F3NO6S/c1-30-10-9-24-42(2)40(23-25-43(42,51)29-48(55(3,52)53)28-31-16-20-35(21-17-31)54-44(45,46)47)37-22-18-32(26-34(49)19-15-30)27-39(37)41(50)38-14-8-7-13-36(38)33-11-5-4-6-12-33/h4-8,10-14,16-18,20-22,27,34,40,49,51H,9,15,19,23-26,28-29H2,1-3H3. The Morgan fingerprint density at radius 3 is 2.31 bits per heavy atom. The molecule has 4 unspecified atom stereocenters. The van der Waals surface area contributed by atoms with Gasteiger partial charge in [0.1, 0.15) is 5.75 Å². The summed E-state index contributed by atoms with van der Waals surface area (Å²) in [7, 11) is -3.92. The maximum absolute atomic E-state index is 14.9. The molecule has 0 spiro atoms.